The van der Waals surface area contributed by atoms with Gasteiger partial charge in [-0.25, -0.2) is 9.59 Å². The molecule has 0 aliphatic heterocycles. The van der Waals surface area contributed by atoms with Crippen LogP contribution in [0.4, 0.5) is 0 Å². The molecule has 2 aromatic rings. The maximum atomic E-state index is 11.6. The summed E-state index contributed by atoms with van der Waals surface area (Å²) in [6.07, 6.45) is 4.10. The van der Waals surface area contributed by atoms with E-state index in [1.54, 1.807) is 38.1 Å². The van der Waals surface area contributed by atoms with Crippen molar-refractivity contribution in [3.63, 3.8) is 0 Å². The van der Waals surface area contributed by atoms with Crippen molar-refractivity contribution in [2.45, 2.75) is 39.5 Å². The molecule has 0 atom stereocenters. The Morgan fingerprint density at radius 3 is 1.29 bits per heavy atom. The average molecular weight is 453 g/mol. The molecule has 1 fully saturated rings. The van der Waals surface area contributed by atoms with Crippen molar-refractivity contribution >= 4 is 11.9 Å². The molecule has 0 bridgehead atoms. The zero-order valence-corrected chi connectivity index (χ0v) is 19.6. The molecule has 3 rings (SSSR count). The molecule has 172 valence electrons. The molecule has 1 aliphatic rings. The highest BCUT2D eigenvalue weighted by molar-refractivity contribution is 5.89. The molecule has 4 heteroatoms. The molecule has 1 saturated carbocycles. The molecule has 0 N–H and O–H groups in total. The Morgan fingerprint density at radius 1 is 0.676 bits per heavy atom. The van der Waals surface area contributed by atoms with E-state index in [1.165, 1.54) is 0 Å². The molecule has 0 heterocycles. The minimum absolute atomic E-state index is 0.362. The lowest BCUT2D eigenvalue weighted by Crippen LogP contribution is -2.12. The smallest absolute Gasteiger partial charge is 0.338 e. The van der Waals surface area contributed by atoms with Crippen LogP contribution in [0.15, 0.2) is 72.8 Å². The molecule has 0 saturated heterocycles. The van der Waals surface area contributed by atoms with Crippen molar-refractivity contribution < 1.29 is 19.1 Å². The summed E-state index contributed by atoms with van der Waals surface area (Å²) in [5.74, 6) is 14.0. The van der Waals surface area contributed by atoms with Crippen LogP contribution in [0.1, 0.15) is 50.7 Å². The third kappa shape index (κ3) is 7.54. The van der Waals surface area contributed by atoms with Crippen LogP contribution in [0.5, 0.6) is 11.5 Å². The van der Waals surface area contributed by atoms with E-state index in [0.29, 0.717) is 34.5 Å². The summed E-state index contributed by atoms with van der Waals surface area (Å²) in [7, 11) is 0. The van der Waals surface area contributed by atoms with Gasteiger partial charge >= 0.3 is 11.9 Å². The van der Waals surface area contributed by atoms with E-state index in [2.05, 4.69) is 36.8 Å². The third-order valence-corrected chi connectivity index (χ3v) is 5.40. The van der Waals surface area contributed by atoms with E-state index in [1.807, 2.05) is 24.3 Å². The van der Waals surface area contributed by atoms with Gasteiger partial charge in [0.15, 0.2) is 0 Å². The number of benzene rings is 2. The van der Waals surface area contributed by atoms with Crippen LogP contribution in [0.3, 0.4) is 0 Å². The molecule has 4 nitrogen and oxygen atoms in total. The quantitative estimate of drug-likeness (QED) is 0.252. The van der Waals surface area contributed by atoms with Gasteiger partial charge in [0.1, 0.15) is 11.5 Å². The number of carbonyl (C=O) groups is 2. The zero-order valence-electron chi connectivity index (χ0n) is 19.6. The van der Waals surface area contributed by atoms with Crippen molar-refractivity contribution in [1.29, 1.82) is 0 Å². The van der Waals surface area contributed by atoms with Gasteiger partial charge < -0.3 is 9.47 Å². The minimum atomic E-state index is -0.431. The summed E-state index contributed by atoms with van der Waals surface area (Å²) in [5.41, 5.74) is 2.52. The standard InChI is InChI=1S/C30H28O4/c1-21(2)29(31)33-27-17-13-25(14-18-27)11-9-23-5-7-24(8-6-23)10-12-26-15-19-28(20-16-26)34-30(32)22(3)4/h13-20,23-24H,1,3,5-8H2,2,4H3. The van der Waals surface area contributed by atoms with E-state index in [-0.39, 0.29) is 0 Å². The lowest BCUT2D eigenvalue weighted by Gasteiger charge is -2.21. The molecular weight excluding hydrogens is 424 g/mol. The van der Waals surface area contributed by atoms with Crippen LogP contribution in [-0.2, 0) is 9.59 Å². The second-order valence-electron chi connectivity index (χ2n) is 8.48. The van der Waals surface area contributed by atoms with E-state index in [9.17, 15) is 9.59 Å². The first kappa shape index (κ1) is 24.6. The Bertz CT molecular complexity index is 1090. The van der Waals surface area contributed by atoms with Gasteiger partial charge in [0, 0.05) is 34.1 Å². The molecule has 0 unspecified atom stereocenters. The van der Waals surface area contributed by atoms with Crippen molar-refractivity contribution in [2.24, 2.45) is 11.8 Å². The van der Waals surface area contributed by atoms with Gasteiger partial charge in [-0.1, -0.05) is 36.8 Å². The van der Waals surface area contributed by atoms with Crippen molar-refractivity contribution in [1.82, 2.24) is 0 Å². The molecule has 0 spiro atoms. The van der Waals surface area contributed by atoms with Crippen molar-refractivity contribution in [2.75, 3.05) is 0 Å². The fourth-order valence-corrected chi connectivity index (χ4v) is 3.35. The van der Waals surface area contributed by atoms with Gasteiger partial charge in [0.05, 0.1) is 0 Å². The second kappa shape index (κ2) is 11.7. The number of rotatable bonds is 4. The van der Waals surface area contributed by atoms with Gasteiger partial charge in [-0.3, -0.25) is 0 Å². The predicted molar refractivity (Wildman–Crippen MR) is 133 cm³/mol. The van der Waals surface area contributed by atoms with E-state index in [0.717, 1.165) is 36.8 Å². The van der Waals surface area contributed by atoms with Crippen LogP contribution in [0.2, 0.25) is 0 Å². The molecule has 0 aromatic heterocycles. The lowest BCUT2D eigenvalue weighted by molar-refractivity contribution is -0.130. The topological polar surface area (TPSA) is 52.6 Å². The summed E-state index contributed by atoms with van der Waals surface area (Å²) in [6, 6.07) is 14.4. The van der Waals surface area contributed by atoms with E-state index in [4.69, 9.17) is 9.47 Å². The van der Waals surface area contributed by atoms with Crippen molar-refractivity contribution in [3.8, 4) is 35.2 Å². The largest absolute Gasteiger partial charge is 0.423 e. The maximum Gasteiger partial charge on any atom is 0.338 e. The van der Waals surface area contributed by atoms with Crippen LogP contribution >= 0.6 is 0 Å². The highest BCUT2D eigenvalue weighted by Crippen LogP contribution is 2.28. The SMILES string of the molecule is C=C(C)C(=O)Oc1ccc(C#CC2CCC(C#Cc3ccc(OC(=O)C(=C)C)cc3)CC2)cc1. The number of hydrogen-bond acceptors (Lipinski definition) is 4. The first-order valence-electron chi connectivity index (χ1n) is 11.3. The number of esters is 2. The normalized spacial score (nSPS) is 16.6. The summed E-state index contributed by atoms with van der Waals surface area (Å²) < 4.78 is 10.4. The van der Waals surface area contributed by atoms with E-state index < -0.39 is 11.9 Å². The van der Waals surface area contributed by atoms with E-state index >= 15 is 0 Å². The molecule has 34 heavy (non-hydrogen) atoms. The Labute approximate surface area is 201 Å². The minimum Gasteiger partial charge on any atom is -0.423 e. The lowest BCUT2D eigenvalue weighted by atomic mass is 9.82. The maximum absolute atomic E-state index is 11.6. The third-order valence-electron chi connectivity index (χ3n) is 5.40. The number of hydrogen-bond donors (Lipinski definition) is 0. The molecule has 0 amide bonds. The molecular formula is C30H28O4. The highest BCUT2D eigenvalue weighted by Gasteiger charge is 2.18. The Morgan fingerprint density at radius 2 is 1.00 bits per heavy atom. The highest BCUT2D eigenvalue weighted by atomic mass is 16.5. The second-order valence-corrected chi connectivity index (χ2v) is 8.48. The van der Waals surface area contributed by atoms with Gasteiger partial charge in [0.2, 0.25) is 0 Å². The molecule has 2 aromatic carbocycles. The van der Waals surface area contributed by atoms with Gasteiger partial charge in [-0.15, -0.1) is 0 Å². The summed E-state index contributed by atoms with van der Waals surface area (Å²) >= 11 is 0. The Balaban J connectivity index is 1.48. The zero-order chi connectivity index (χ0) is 24.5. The van der Waals surface area contributed by atoms with Gasteiger partial charge in [0.25, 0.3) is 0 Å². The summed E-state index contributed by atoms with van der Waals surface area (Å²) in [4.78, 5) is 23.1. The monoisotopic (exact) mass is 452 g/mol. The van der Waals surface area contributed by atoms with Crippen LogP contribution < -0.4 is 9.47 Å². The van der Waals surface area contributed by atoms with Crippen molar-refractivity contribution in [3.05, 3.63) is 84.0 Å². The average Bonchev–Trinajstić information content (AvgIpc) is 2.83. The first-order chi connectivity index (χ1) is 16.3. The van der Waals surface area contributed by atoms with Crippen LogP contribution in [-0.4, -0.2) is 11.9 Å². The fourth-order valence-electron chi connectivity index (χ4n) is 3.35. The first-order valence-corrected chi connectivity index (χ1v) is 11.3. The van der Waals surface area contributed by atoms with Crippen LogP contribution in [0, 0.1) is 35.5 Å². The Hall–Kier alpha value is -4.02. The molecule has 0 radical (unpaired) electrons. The number of ether oxygens (including phenoxy) is 2. The summed E-state index contributed by atoms with van der Waals surface area (Å²) in [5, 5.41) is 0. The predicted octanol–water partition coefficient (Wildman–Crippen LogP) is 5.86. The Kier molecular flexibility index (Phi) is 8.49. The molecule has 1 aliphatic carbocycles. The van der Waals surface area contributed by atoms with Gasteiger partial charge in [-0.2, -0.15) is 0 Å². The van der Waals surface area contributed by atoms with Crippen LogP contribution in [0.25, 0.3) is 0 Å². The fraction of sp³-hybridized carbons (Fsp3) is 0.267. The van der Waals surface area contributed by atoms with Gasteiger partial charge in [-0.05, 0) is 88.1 Å². The summed E-state index contributed by atoms with van der Waals surface area (Å²) in [6.45, 7) is 10.4. The number of carbonyl (C=O) groups excluding carboxylic acids is 2.